The highest BCUT2D eigenvalue weighted by Crippen LogP contribution is 2.17. The van der Waals surface area contributed by atoms with Gasteiger partial charge in [0.05, 0.1) is 13.7 Å². The molecule has 0 aliphatic carbocycles. The standard InChI is InChI=1S/C13H20N4O3/c1-3-7-17(9-12(14)16-19)13(18)15-10-5-4-6-11(8-10)20-2/h4-6,8,19H,3,7,9H2,1-2H3,(H2,14,16)(H,15,18). The van der Waals surface area contributed by atoms with Crippen LogP contribution >= 0.6 is 0 Å². The first kappa shape index (κ1) is 15.6. The molecule has 110 valence electrons. The second-order valence-corrected chi connectivity index (χ2v) is 4.18. The van der Waals surface area contributed by atoms with Gasteiger partial charge in [-0.3, -0.25) is 0 Å². The molecule has 20 heavy (non-hydrogen) atoms. The summed E-state index contributed by atoms with van der Waals surface area (Å²) in [5.41, 5.74) is 6.06. The third-order valence-electron chi connectivity index (χ3n) is 2.58. The zero-order chi connectivity index (χ0) is 15.0. The van der Waals surface area contributed by atoms with Crippen LogP contribution in [0.25, 0.3) is 0 Å². The molecule has 0 heterocycles. The maximum absolute atomic E-state index is 12.1. The molecule has 0 saturated carbocycles. The zero-order valence-electron chi connectivity index (χ0n) is 11.7. The summed E-state index contributed by atoms with van der Waals surface area (Å²) in [5.74, 6) is 0.639. The predicted molar refractivity (Wildman–Crippen MR) is 77.3 cm³/mol. The number of amides is 2. The molecule has 7 heteroatoms. The van der Waals surface area contributed by atoms with Crippen LogP contribution < -0.4 is 15.8 Å². The quantitative estimate of drug-likeness (QED) is 0.319. The number of methoxy groups -OCH3 is 1. The van der Waals surface area contributed by atoms with Gasteiger partial charge in [-0.05, 0) is 18.6 Å². The van der Waals surface area contributed by atoms with Gasteiger partial charge in [0, 0.05) is 18.3 Å². The number of hydrogen-bond acceptors (Lipinski definition) is 4. The minimum absolute atomic E-state index is 0.0146. The molecule has 0 aliphatic rings. The van der Waals surface area contributed by atoms with E-state index in [2.05, 4.69) is 10.5 Å². The largest absolute Gasteiger partial charge is 0.497 e. The number of amidine groups is 1. The Hall–Kier alpha value is -2.44. The number of ether oxygens (including phenoxy) is 1. The summed E-state index contributed by atoms with van der Waals surface area (Å²) in [6, 6.07) is 6.73. The van der Waals surface area contributed by atoms with Crippen molar-refractivity contribution in [3.8, 4) is 5.75 Å². The lowest BCUT2D eigenvalue weighted by atomic mass is 10.3. The number of hydrogen-bond donors (Lipinski definition) is 3. The smallest absolute Gasteiger partial charge is 0.322 e. The Morgan fingerprint density at radius 2 is 2.30 bits per heavy atom. The van der Waals surface area contributed by atoms with E-state index in [9.17, 15) is 4.79 Å². The van der Waals surface area contributed by atoms with Gasteiger partial charge in [0.25, 0.3) is 0 Å². The second kappa shape index (κ2) is 7.88. The maximum atomic E-state index is 12.1. The Morgan fingerprint density at radius 1 is 1.55 bits per heavy atom. The molecule has 0 spiro atoms. The molecule has 0 saturated heterocycles. The van der Waals surface area contributed by atoms with Gasteiger partial charge in [0.1, 0.15) is 5.75 Å². The average molecular weight is 280 g/mol. The lowest BCUT2D eigenvalue weighted by Crippen LogP contribution is -2.41. The molecule has 0 radical (unpaired) electrons. The first-order valence-electron chi connectivity index (χ1n) is 6.27. The van der Waals surface area contributed by atoms with Gasteiger partial charge < -0.3 is 25.9 Å². The lowest BCUT2D eigenvalue weighted by Gasteiger charge is -2.21. The highest BCUT2D eigenvalue weighted by molar-refractivity contribution is 5.93. The maximum Gasteiger partial charge on any atom is 0.322 e. The van der Waals surface area contributed by atoms with E-state index in [-0.39, 0.29) is 18.4 Å². The van der Waals surface area contributed by atoms with Gasteiger partial charge in [-0.15, -0.1) is 0 Å². The number of oxime groups is 1. The molecule has 7 nitrogen and oxygen atoms in total. The van der Waals surface area contributed by atoms with Crippen LogP contribution in [0.4, 0.5) is 10.5 Å². The van der Waals surface area contributed by atoms with Crippen molar-refractivity contribution in [3.05, 3.63) is 24.3 Å². The fourth-order valence-corrected chi connectivity index (χ4v) is 1.65. The SMILES string of the molecule is CCCN(CC(N)=NO)C(=O)Nc1cccc(OC)c1. The summed E-state index contributed by atoms with van der Waals surface area (Å²) >= 11 is 0. The minimum Gasteiger partial charge on any atom is -0.497 e. The van der Waals surface area contributed by atoms with Crippen LogP contribution in [0, 0.1) is 0 Å². The van der Waals surface area contributed by atoms with E-state index in [1.165, 1.54) is 4.90 Å². The summed E-state index contributed by atoms with van der Waals surface area (Å²) in [6.07, 6.45) is 0.768. The zero-order valence-corrected chi connectivity index (χ0v) is 11.7. The first-order chi connectivity index (χ1) is 9.60. The Kier molecular flexibility index (Phi) is 6.15. The number of nitrogens with one attached hydrogen (secondary N) is 1. The molecule has 0 unspecified atom stereocenters. The molecule has 4 N–H and O–H groups in total. The number of rotatable bonds is 6. The Bertz CT molecular complexity index is 476. The van der Waals surface area contributed by atoms with Crippen molar-refractivity contribution in [1.82, 2.24) is 4.90 Å². The number of urea groups is 1. The molecule has 0 atom stereocenters. The van der Waals surface area contributed by atoms with Crippen LogP contribution in [0.2, 0.25) is 0 Å². The van der Waals surface area contributed by atoms with Gasteiger partial charge in [-0.1, -0.05) is 18.1 Å². The van der Waals surface area contributed by atoms with E-state index in [1.54, 1.807) is 31.4 Å². The molecule has 1 aromatic carbocycles. The summed E-state index contributed by atoms with van der Waals surface area (Å²) in [4.78, 5) is 13.6. The van der Waals surface area contributed by atoms with Crippen molar-refractivity contribution < 1.29 is 14.7 Å². The number of nitrogens with zero attached hydrogens (tertiary/aromatic N) is 2. The first-order valence-corrected chi connectivity index (χ1v) is 6.27. The Morgan fingerprint density at radius 3 is 2.90 bits per heavy atom. The van der Waals surface area contributed by atoms with Gasteiger partial charge in [0.2, 0.25) is 0 Å². The fourth-order valence-electron chi connectivity index (χ4n) is 1.65. The minimum atomic E-state index is -0.313. The molecular formula is C13H20N4O3. The van der Waals surface area contributed by atoms with Crippen LogP contribution in [0.1, 0.15) is 13.3 Å². The highest BCUT2D eigenvalue weighted by atomic mass is 16.5. The van der Waals surface area contributed by atoms with Crippen LogP contribution in [0.3, 0.4) is 0 Å². The third-order valence-corrected chi connectivity index (χ3v) is 2.58. The molecule has 2 amide bonds. The third kappa shape index (κ3) is 4.68. The molecule has 0 bridgehead atoms. The molecule has 1 rings (SSSR count). The van der Waals surface area contributed by atoms with Crippen molar-refractivity contribution in [1.29, 1.82) is 0 Å². The normalized spacial score (nSPS) is 11.0. The average Bonchev–Trinajstić information content (AvgIpc) is 2.46. The van der Waals surface area contributed by atoms with Crippen LogP contribution in [-0.2, 0) is 0 Å². The van der Waals surface area contributed by atoms with Crippen LogP contribution in [0.15, 0.2) is 29.4 Å². The van der Waals surface area contributed by atoms with Gasteiger partial charge in [0.15, 0.2) is 5.84 Å². The number of anilines is 1. The van der Waals surface area contributed by atoms with E-state index in [0.29, 0.717) is 18.0 Å². The number of nitrogens with two attached hydrogens (primary N) is 1. The van der Waals surface area contributed by atoms with Crippen molar-refractivity contribution >= 4 is 17.6 Å². The van der Waals surface area contributed by atoms with E-state index < -0.39 is 0 Å². The van der Waals surface area contributed by atoms with Crippen LogP contribution in [0.5, 0.6) is 5.75 Å². The fraction of sp³-hybridized carbons (Fsp3) is 0.385. The molecular weight excluding hydrogens is 260 g/mol. The van der Waals surface area contributed by atoms with Crippen molar-refractivity contribution in [2.45, 2.75) is 13.3 Å². The summed E-state index contributed by atoms with van der Waals surface area (Å²) < 4.78 is 5.09. The van der Waals surface area contributed by atoms with E-state index in [0.717, 1.165) is 6.42 Å². The van der Waals surface area contributed by atoms with E-state index >= 15 is 0 Å². The summed E-state index contributed by atoms with van der Waals surface area (Å²) in [6.45, 7) is 2.52. The van der Waals surface area contributed by atoms with Crippen molar-refractivity contribution in [2.24, 2.45) is 10.9 Å². The van der Waals surface area contributed by atoms with E-state index in [4.69, 9.17) is 15.7 Å². The van der Waals surface area contributed by atoms with Gasteiger partial charge in [-0.25, -0.2) is 4.79 Å². The number of carbonyl (C=O) groups excluding carboxylic acids is 1. The predicted octanol–water partition coefficient (Wildman–Crippen LogP) is 1.69. The lowest BCUT2D eigenvalue weighted by molar-refractivity contribution is 0.218. The monoisotopic (exact) mass is 280 g/mol. The summed E-state index contributed by atoms with van der Waals surface area (Å²) in [5, 5.41) is 14.2. The van der Waals surface area contributed by atoms with Gasteiger partial charge >= 0.3 is 6.03 Å². The van der Waals surface area contributed by atoms with Crippen molar-refractivity contribution in [3.63, 3.8) is 0 Å². The molecule has 0 aliphatic heterocycles. The number of benzene rings is 1. The van der Waals surface area contributed by atoms with Crippen LogP contribution in [-0.4, -0.2) is 42.2 Å². The Balaban J connectivity index is 2.74. The molecule has 1 aromatic rings. The molecule has 0 aromatic heterocycles. The Labute approximate surface area is 118 Å². The van der Waals surface area contributed by atoms with Crippen molar-refractivity contribution in [2.75, 3.05) is 25.5 Å². The topological polar surface area (TPSA) is 100 Å². The molecule has 0 fully saturated rings. The summed E-state index contributed by atoms with van der Waals surface area (Å²) in [7, 11) is 1.56. The number of carbonyl (C=O) groups is 1. The second-order valence-electron chi connectivity index (χ2n) is 4.18. The van der Waals surface area contributed by atoms with E-state index in [1.807, 2.05) is 6.92 Å². The highest BCUT2D eigenvalue weighted by Gasteiger charge is 2.14. The van der Waals surface area contributed by atoms with Gasteiger partial charge in [-0.2, -0.15) is 0 Å².